The van der Waals surface area contributed by atoms with E-state index in [1.165, 1.54) is 24.3 Å². The van der Waals surface area contributed by atoms with Gasteiger partial charge in [0.05, 0.1) is 11.1 Å². The SMILES string of the molecule is N#C/C=C\c1ccc(Cl)c(-c2cc(F)cc(Cl)c2)c1F. The minimum Gasteiger partial charge on any atom is -0.207 e. The van der Waals surface area contributed by atoms with E-state index >= 15 is 0 Å². The van der Waals surface area contributed by atoms with Crippen molar-refractivity contribution in [2.24, 2.45) is 0 Å². The molecule has 0 atom stereocenters. The number of benzene rings is 2. The van der Waals surface area contributed by atoms with E-state index < -0.39 is 11.6 Å². The lowest BCUT2D eigenvalue weighted by molar-refractivity contribution is 0.623. The second-order valence-electron chi connectivity index (χ2n) is 3.95. The Hall–Kier alpha value is -1.89. The van der Waals surface area contributed by atoms with Gasteiger partial charge in [-0.2, -0.15) is 5.26 Å². The first-order chi connectivity index (χ1) is 9.52. The molecular weight excluding hydrogens is 303 g/mol. The van der Waals surface area contributed by atoms with Crippen molar-refractivity contribution in [3.63, 3.8) is 0 Å². The Morgan fingerprint density at radius 1 is 1.10 bits per heavy atom. The summed E-state index contributed by atoms with van der Waals surface area (Å²) in [4.78, 5) is 0. The van der Waals surface area contributed by atoms with Crippen molar-refractivity contribution in [1.82, 2.24) is 0 Å². The summed E-state index contributed by atoms with van der Waals surface area (Å²) in [6, 6.07) is 8.39. The van der Waals surface area contributed by atoms with Crippen molar-refractivity contribution in [2.75, 3.05) is 0 Å². The van der Waals surface area contributed by atoms with E-state index in [4.69, 9.17) is 28.5 Å². The number of nitriles is 1. The third-order valence-corrected chi connectivity index (χ3v) is 3.14. The zero-order valence-corrected chi connectivity index (χ0v) is 11.5. The largest absolute Gasteiger partial charge is 0.207 e. The first-order valence-corrected chi connectivity index (χ1v) is 6.29. The van der Waals surface area contributed by atoms with Gasteiger partial charge in [0, 0.05) is 22.2 Å². The smallest absolute Gasteiger partial charge is 0.139 e. The Kier molecular flexibility index (Phi) is 4.39. The molecule has 100 valence electrons. The lowest BCUT2D eigenvalue weighted by Gasteiger charge is -2.09. The summed E-state index contributed by atoms with van der Waals surface area (Å²) in [7, 11) is 0. The Labute approximate surface area is 124 Å². The summed E-state index contributed by atoms with van der Waals surface area (Å²) in [6.07, 6.45) is 2.46. The zero-order valence-electron chi connectivity index (χ0n) is 10.0. The quantitative estimate of drug-likeness (QED) is 0.674. The van der Waals surface area contributed by atoms with Crippen LogP contribution in [0.15, 0.2) is 36.4 Å². The lowest BCUT2D eigenvalue weighted by atomic mass is 10.0. The molecule has 0 spiro atoms. The fourth-order valence-electron chi connectivity index (χ4n) is 1.79. The van der Waals surface area contributed by atoms with E-state index in [0.29, 0.717) is 0 Å². The maximum atomic E-state index is 14.4. The topological polar surface area (TPSA) is 23.8 Å². The third-order valence-electron chi connectivity index (χ3n) is 2.61. The van der Waals surface area contributed by atoms with Crippen LogP contribution in [0.3, 0.4) is 0 Å². The van der Waals surface area contributed by atoms with Crippen LogP contribution in [0.25, 0.3) is 17.2 Å². The van der Waals surface area contributed by atoms with Crippen molar-refractivity contribution < 1.29 is 8.78 Å². The maximum absolute atomic E-state index is 14.4. The number of hydrogen-bond donors (Lipinski definition) is 0. The van der Waals surface area contributed by atoms with Crippen molar-refractivity contribution in [3.05, 3.63) is 63.7 Å². The van der Waals surface area contributed by atoms with Crippen LogP contribution >= 0.6 is 23.2 Å². The van der Waals surface area contributed by atoms with Crippen molar-refractivity contribution >= 4 is 29.3 Å². The standard InChI is InChI=1S/C15H7Cl2F2N/c16-11-6-10(7-12(18)8-11)14-13(17)4-3-9(15(14)19)2-1-5-20/h1-4,6-8H/b2-1-. The van der Waals surface area contributed by atoms with Crippen LogP contribution in [0.4, 0.5) is 8.78 Å². The Morgan fingerprint density at radius 2 is 1.85 bits per heavy atom. The molecule has 0 amide bonds. The average Bonchev–Trinajstić information content (AvgIpc) is 2.37. The molecule has 0 aromatic heterocycles. The van der Waals surface area contributed by atoms with Gasteiger partial charge in [0.2, 0.25) is 0 Å². The number of halogens is 4. The summed E-state index contributed by atoms with van der Waals surface area (Å²) >= 11 is 11.7. The molecule has 1 nitrogen and oxygen atoms in total. The van der Waals surface area contributed by atoms with Crippen molar-refractivity contribution in [2.45, 2.75) is 0 Å². The molecule has 2 aromatic rings. The van der Waals surface area contributed by atoms with Crippen molar-refractivity contribution in [1.29, 1.82) is 5.26 Å². The highest BCUT2D eigenvalue weighted by Crippen LogP contribution is 2.34. The summed E-state index contributed by atoms with van der Waals surface area (Å²) in [6.45, 7) is 0. The van der Waals surface area contributed by atoms with Crippen LogP contribution in [-0.4, -0.2) is 0 Å². The highest BCUT2D eigenvalue weighted by Gasteiger charge is 2.14. The number of allylic oxidation sites excluding steroid dienone is 1. The van der Waals surface area contributed by atoms with Crippen LogP contribution in [0.5, 0.6) is 0 Å². The average molecular weight is 310 g/mol. The molecule has 2 rings (SSSR count). The number of nitrogens with zero attached hydrogens (tertiary/aromatic N) is 1. The van der Waals surface area contributed by atoms with E-state index in [2.05, 4.69) is 0 Å². The van der Waals surface area contributed by atoms with Gasteiger partial charge in [0.1, 0.15) is 11.6 Å². The zero-order chi connectivity index (χ0) is 14.7. The van der Waals surface area contributed by atoms with E-state index in [1.54, 1.807) is 6.07 Å². The molecule has 0 heterocycles. The molecular formula is C15H7Cl2F2N. The molecule has 0 aliphatic carbocycles. The molecule has 20 heavy (non-hydrogen) atoms. The fourth-order valence-corrected chi connectivity index (χ4v) is 2.26. The molecule has 0 radical (unpaired) electrons. The van der Waals surface area contributed by atoms with Gasteiger partial charge in [-0.25, -0.2) is 8.78 Å². The molecule has 2 aromatic carbocycles. The van der Waals surface area contributed by atoms with E-state index in [1.807, 2.05) is 0 Å². The molecule has 0 bridgehead atoms. The van der Waals surface area contributed by atoms with Gasteiger partial charge < -0.3 is 0 Å². The fraction of sp³-hybridized carbons (Fsp3) is 0. The molecule has 0 N–H and O–H groups in total. The first kappa shape index (κ1) is 14.5. The van der Waals surface area contributed by atoms with Gasteiger partial charge in [-0.15, -0.1) is 0 Å². The molecule has 0 saturated carbocycles. The van der Waals surface area contributed by atoms with Crippen LogP contribution in [0, 0.1) is 23.0 Å². The van der Waals surface area contributed by atoms with Gasteiger partial charge in [-0.1, -0.05) is 29.3 Å². The van der Waals surface area contributed by atoms with E-state index in [0.717, 1.165) is 18.2 Å². The van der Waals surface area contributed by atoms with Gasteiger partial charge in [0.25, 0.3) is 0 Å². The minimum atomic E-state index is -0.634. The number of hydrogen-bond acceptors (Lipinski definition) is 1. The predicted molar refractivity (Wildman–Crippen MR) is 76.5 cm³/mol. The van der Waals surface area contributed by atoms with Gasteiger partial charge in [0.15, 0.2) is 0 Å². The highest BCUT2D eigenvalue weighted by atomic mass is 35.5. The van der Waals surface area contributed by atoms with E-state index in [9.17, 15) is 8.78 Å². The normalized spacial score (nSPS) is 10.8. The molecule has 0 saturated heterocycles. The third kappa shape index (κ3) is 2.98. The highest BCUT2D eigenvalue weighted by molar-refractivity contribution is 6.34. The van der Waals surface area contributed by atoms with Crippen LogP contribution in [0.1, 0.15) is 5.56 Å². The summed E-state index contributed by atoms with van der Waals surface area (Å²) in [5, 5.41) is 8.76. The Morgan fingerprint density at radius 3 is 2.50 bits per heavy atom. The summed E-state index contributed by atoms with van der Waals surface area (Å²) < 4.78 is 27.8. The first-order valence-electron chi connectivity index (χ1n) is 5.53. The monoisotopic (exact) mass is 309 g/mol. The van der Waals surface area contributed by atoms with Gasteiger partial charge >= 0.3 is 0 Å². The molecule has 0 aliphatic rings. The molecule has 0 aliphatic heterocycles. The van der Waals surface area contributed by atoms with Gasteiger partial charge in [-0.05, 0) is 35.9 Å². The number of rotatable bonds is 2. The predicted octanol–water partition coefficient (Wildman–Crippen LogP) is 5.48. The van der Waals surface area contributed by atoms with Crippen LogP contribution < -0.4 is 0 Å². The molecule has 5 heteroatoms. The van der Waals surface area contributed by atoms with Crippen LogP contribution in [-0.2, 0) is 0 Å². The maximum Gasteiger partial charge on any atom is 0.139 e. The lowest BCUT2D eigenvalue weighted by Crippen LogP contribution is -1.91. The Bertz CT molecular complexity index is 713. The second-order valence-corrected chi connectivity index (χ2v) is 4.79. The summed E-state index contributed by atoms with van der Waals surface area (Å²) in [5.74, 6) is -1.22. The Balaban J connectivity index is 2.67. The minimum absolute atomic E-state index is 0.0492. The van der Waals surface area contributed by atoms with Gasteiger partial charge in [-0.3, -0.25) is 0 Å². The molecule has 0 unspecified atom stereocenters. The molecule has 0 fully saturated rings. The summed E-state index contributed by atoms with van der Waals surface area (Å²) in [5.41, 5.74) is 0.476. The second kappa shape index (κ2) is 6.04. The van der Waals surface area contributed by atoms with Crippen LogP contribution in [0.2, 0.25) is 10.0 Å². The van der Waals surface area contributed by atoms with Crippen molar-refractivity contribution in [3.8, 4) is 17.2 Å². The van der Waals surface area contributed by atoms with E-state index in [-0.39, 0.29) is 26.7 Å².